The molecule has 40 heavy (non-hydrogen) atoms. The van der Waals surface area contributed by atoms with Crippen LogP contribution in [0.5, 0.6) is 17.2 Å². The molecule has 0 saturated heterocycles. The highest BCUT2D eigenvalue weighted by molar-refractivity contribution is 6.42. The highest BCUT2D eigenvalue weighted by Gasteiger charge is 2.17. The van der Waals surface area contributed by atoms with Crippen LogP contribution in [0.15, 0.2) is 85.1 Å². The Morgan fingerprint density at radius 3 is 2.35 bits per heavy atom. The van der Waals surface area contributed by atoms with Gasteiger partial charge < -0.3 is 19.9 Å². The molecule has 0 atom stereocenters. The number of nitrogens with zero attached hydrogens (tertiary/aromatic N) is 2. The summed E-state index contributed by atoms with van der Waals surface area (Å²) >= 11 is 12.4. The lowest BCUT2D eigenvalue weighted by Crippen LogP contribution is -2.25. The van der Waals surface area contributed by atoms with E-state index in [1.807, 2.05) is 36.4 Å². The molecule has 202 valence electrons. The van der Waals surface area contributed by atoms with Crippen molar-refractivity contribution < 1.29 is 24.2 Å². The molecular formula is C30H23Cl2N3O5. The van der Waals surface area contributed by atoms with E-state index in [9.17, 15) is 9.59 Å². The number of halogens is 2. The zero-order chi connectivity index (χ0) is 28.2. The summed E-state index contributed by atoms with van der Waals surface area (Å²) in [5, 5.41) is 19.0. The number of carboxylic acid groups (broad SMARTS) is 1. The fraction of sp³-hybridized carbons (Fsp3) is 0.100. The van der Waals surface area contributed by atoms with Crippen molar-refractivity contribution in [3.8, 4) is 34.2 Å². The number of benzene rings is 4. The smallest absolute Gasteiger partial charge is 0.305 e. The van der Waals surface area contributed by atoms with Gasteiger partial charge in [-0.05, 0) is 71.4 Å². The van der Waals surface area contributed by atoms with E-state index in [2.05, 4.69) is 5.32 Å². The third-order valence-electron chi connectivity index (χ3n) is 6.14. The van der Waals surface area contributed by atoms with Crippen LogP contribution in [0.1, 0.15) is 16.8 Å². The summed E-state index contributed by atoms with van der Waals surface area (Å²) in [6, 6.07) is 23.6. The van der Waals surface area contributed by atoms with Crippen molar-refractivity contribution in [1.29, 1.82) is 0 Å². The number of ether oxygens (including phenoxy) is 2. The minimum atomic E-state index is -0.979. The largest absolute Gasteiger partial charge is 0.497 e. The second-order valence-corrected chi connectivity index (χ2v) is 9.65. The third kappa shape index (κ3) is 6.03. The quantitative estimate of drug-likeness (QED) is 0.196. The SMILES string of the molecule is COc1ccc2cc(-c3nn(-c4ccc(Cl)c(Cl)c4)cc3Oc3ccc(C(=O)NCCC(=O)O)cc3)ccc2c1. The van der Waals surface area contributed by atoms with Gasteiger partial charge in [-0.3, -0.25) is 9.59 Å². The molecule has 1 amide bonds. The number of carbonyl (C=O) groups excluding carboxylic acids is 1. The highest BCUT2D eigenvalue weighted by Crippen LogP contribution is 2.36. The molecule has 0 fully saturated rings. The molecule has 10 heteroatoms. The van der Waals surface area contributed by atoms with Crippen molar-refractivity contribution in [1.82, 2.24) is 15.1 Å². The monoisotopic (exact) mass is 575 g/mol. The molecule has 1 heterocycles. The molecular weight excluding hydrogens is 553 g/mol. The van der Waals surface area contributed by atoms with Gasteiger partial charge >= 0.3 is 5.97 Å². The van der Waals surface area contributed by atoms with E-state index >= 15 is 0 Å². The Labute approximate surface area is 239 Å². The molecule has 0 aliphatic rings. The average Bonchev–Trinajstić information content (AvgIpc) is 3.37. The number of aliphatic carboxylic acids is 1. The van der Waals surface area contributed by atoms with E-state index in [-0.39, 0.29) is 18.9 Å². The third-order valence-corrected chi connectivity index (χ3v) is 6.88. The van der Waals surface area contributed by atoms with Gasteiger partial charge in [0.1, 0.15) is 17.2 Å². The summed E-state index contributed by atoms with van der Waals surface area (Å²) in [5.74, 6) is 0.397. The number of methoxy groups -OCH3 is 1. The van der Waals surface area contributed by atoms with Crippen LogP contribution < -0.4 is 14.8 Å². The van der Waals surface area contributed by atoms with E-state index in [4.69, 9.17) is 42.9 Å². The molecule has 0 aliphatic heterocycles. The summed E-state index contributed by atoms with van der Waals surface area (Å²) < 4.78 is 13.2. The molecule has 1 aromatic heterocycles. The number of fused-ring (bicyclic) bond motifs is 1. The van der Waals surface area contributed by atoms with E-state index in [0.29, 0.717) is 38.5 Å². The van der Waals surface area contributed by atoms with Crippen molar-refractivity contribution in [3.05, 3.63) is 101 Å². The fourth-order valence-electron chi connectivity index (χ4n) is 4.08. The van der Waals surface area contributed by atoms with Crippen LogP contribution in [-0.4, -0.2) is 40.4 Å². The van der Waals surface area contributed by atoms with Crippen molar-refractivity contribution >= 4 is 45.9 Å². The number of aromatic nitrogens is 2. The standard InChI is InChI=1S/C30H23Cl2N3O5/c1-39-24-10-6-19-14-21(3-2-20(19)15-24)29-27(17-35(34-29)22-7-11-25(31)26(32)16-22)40-23-8-4-18(5-9-23)30(38)33-13-12-28(36)37/h2-11,14-17H,12-13H2,1H3,(H,33,38)(H,36,37). The Morgan fingerprint density at radius 2 is 1.62 bits per heavy atom. The molecule has 4 aromatic carbocycles. The van der Waals surface area contributed by atoms with E-state index in [1.54, 1.807) is 60.5 Å². The molecule has 0 aliphatic carbocycles. The van der Waals surface area contributed by atoms with E-state index in [1.165, 1.54) is 0 Å². The normalized spacial score (nSPS) is 10.9. The zero-order valence-corrected chi connectivity index (χ0v) is 22.7. The number of carbonyl (C=O) groups is 2. The van der Waals surface area contributed by atoms with Gasteiger partial charge in [0, 0.05) is 17.7 Å². The lowest BCUT2D eigenvalue weighted by atomic mass is 10.0. The highest BCUT2D eigenvalue weighted by atomic mass is 35.5. The molecule has 5 aromatic rings. The zero-order valence-electron chi connectivity index (χ0n) is 21.2. The van der Waals surface area contributed by atoms with Gasteiger partial charge in [0.05, 0.1) is 35.5 Å². The van der Waals surface area contributed by atoms with Gasteiger partial charge in [-0.1, -0.05) is 41.4 Å². The van der Waals surface area contributed by atoms with Crippen molar-refractivity contribution in [2.24, 2.45) is 0 Å². The van der Waals surface area contributed by atoms with E-state index in [0.717, 1.165) is 22.1 Å². The predicted octanol–water partition coefficient (Wildman–Crippen LogP) is 7.00. The van der Waals surface area contributed by atoms with Gasteiger partial charge in [0.2, 0.25) is 0 Å². The van der Waals surface area contributed by atoms with Gasteiger partial charge in [-0.2, -0.15) is 5.10 Å². The molecule has 0 unspecified atom stereocenters. The Kier molecular flexibility index (Phi) is 7.91. The maximum absolute atomic E-state index is 12.3. The van der Waals surface area contributed by atoms with E-state index < -0.39 is 5.97 Å². The maximum atomic E-state index is 12.3. The minimum absolute atomic E-state index is 0.0439. The molecule has 8 nitrogen and oxygen atoms in total. The van der Waals surface area contributed by atoms with Crippen molar-refractivity contribution in [3.63, 3.8) is 0 Å². The molecule has 2 N–H and O–H groups in total. The van der Waals surface area contributed by atoms with Crippen LogP contribution in [-0.2, 0) is 4.79 Å². The van der Waals surface area contributed by atoms with Crippen LogP contribution in [0.25, 0.3) is 27.7 Å². The minimum Gasteiger partial charge on any atom is -0.497 e. The van der Waals surface area contributed by atoms with Gasteiger partial charge in [-0.25, -0.2) is 4.68 Å². The Bertz CT molecular complexity index is 1720. The Hall–Kier alpha value is -4.53. The van der Waals surface area contributed by atoms with Gasteiger partial charge in [0.25, 0.3) is 5.91 Å². The lowest BCUT2D eigenvalue weighted by Gasteiger charge is -2.08. The first-order chi connectivity index (χ1) is 19.3. The average molecular weight is 576 g/mol. The first kappa shape index (κ1) is 27.1. The predicted molar refractivity (Wildman–Crippen MR) is 154 cm³/mol. The Balaban J connectivity index is 1.48. The lowest BCUT2D eigenvalue weighted by molar-refractivity contribution is -0.136. The second-order valence-electron chi connectivity index (χ2n) is 8.84. The van der Waals surface area contributed by atoms with Crippen LogP contribution in [0.4, 0.5) is 0 Å². The molecule has 0 radical (unpaired) electrons. The van der Waals surface area contributed by atoms with Crippen LogP contribution in [0.3, 0.4) is 0 Å². The van der Waals surface area contributed by atoms with Gasteiger partial charge in [0.15, 0.2) is 5.75 Å². The summed E-state index contributed by atoms with van der Waals surface area (Å²) in [7, 11) is 1.63. The summed E-state index contributed by atoms with van der Waals surface area (Å²) in [5.41, 5.74) is 2.51. The topological polar surface area (TPSA) is 103 Å². The maximum Gasteiger partial charge on any atom is 0.305 e. The number of hydrogen-bond acceptors (Lipinski definition) is 5. The van der Waals surface area contributed by atoms with Gasteiger partial charge in [-0.15, -0.1) is 0 Å². The van der Waals surface area contributed by atoms with Crippen molar-refractivity contribution in [2.45, 2.75) is 6.42 Å². The van der Waals surface area contributed by atoms with Crippen molar-refractivity contribution in [2.75, 3.05) is 13.7 Å². The van der Waals surface area contributed by atoms with Crippen LogP contribution in [0, 0.1) is 0 Å². The number of amides is 1. The second kappa shape index (κ2) is 11.7. The molecule has 0 saturated carbocycles. The molecule has 5 rings (SSSR count). The fourth-order valence-corrected chi connectivity index (χ4v) is 4.37. The number of rotatable bonds is 9. The summed E-state index contributed by atoms with van der Waals surface area (Å²) in [6.07, 6.45) is 1.60. The molecule has 0 spiro atoms. The van der Waals surface area contributed by atoms with Crippen LogP contribution >= 0.6 is 23.2 Å². The first-order valence-electron chi connectivity index (χ1n) is 12.2. The number of hydrogen-bond donors (Lipinski definition) is 2. The number of nitrogens with one attached hydrogen (secondary N) is 1. The Morgan fingerprint density at radius 1 is 0.900 bits per heavy atom. The van der Waals surface area contributed by atoms with Crippen LogP contribution in [0.2, 0.25) is 10.0 Å². The first-order valence-corrected chi connectivity index (χ1v) is 13.0. The summed E-state index contributed by atoms with van der Waals surface area (Å²) in [6.45, 7) is 0.0439. The summed E-state index contributed by atoms with van der Waals surface area (Å²) in [4.78, 5) is 23.0. The molecule has 0 bridgehead atoms. The number of carboxylic acids is 1.